The van der Waals surface area contributed by atoms with E-state index in [0.717, 1.165) is 32.2 Å². The van der Waals surface area contributed by atoms with E-state index in [4.69, 9.17) is 0 Å². The number of Topliss-reactive ketones (excluding diaryl/α,β-unsaturated/α-hetero) is 1. The minimum absolute atomic E-state index is 0.0565. The molecule has 2 aliphatic rings. The molecule has 5 amide bonds. The molecule has 49 heavy (non-hydrogen) atoms. The molecule has 0 radical (unpaired) electrons. The molecule has 280 valence electrons. The van der Waals surface area contributed by atoms with Crippen LogP contribution in [0.4, 0.5) is 4.79 Å². The summed E-state index contributed by atoms with van der Waals surface area (Å²) in [5.41, 5.74) is -1.02. The van der Waals surface area contributed by atoms with Crippen molar-refractivity contribution in [2.45, 2.75) is 144 Å². The molecule has 0 aliphatic carbocycles. The third-order valence-electron chi connectivity index (χ3n) is 9.95. The number of hydrogen-bond donors (Lipinski definition) is 5. The van der Waals surface area contributed by atoms with Crippen molar-refractivity contribution in [3.05, 3.63) is 12.7 Å². The topological polar surface area (TPSA) is 160 Å². The van der Waals surface area contributed by atoms with E-state index >= 15 is 0 Å². The number of carbonyl (C=O) groups is 5. The van der Waals surface area contributed by atoms with Crippen LogP contribution in [0.25, 0.3) is 0 Å². The van der Waals surface area contributed by atoms with Crippen LogP contribution in [0.3, 0.4) is 0 Å². The fraction of sp³-hybridized carbons (Fsp3) is 0.811. The Balaban J connectivity index is 2.32. The Hall–Kier alpha value is -2.99. The van der Waals surface area contributed by atoms with Gasteiger partial charge in [-0.05, 0) is 48.3 Å². The van der Waals surface area contributed by atoms with E-state index in [1.54, 1.807) is 4.90 Å². The van der Waals surface area contributed by atoms with Gasteiger partial charge in [-0.3, -0.25) is 24.1 Å². The maximum atomic E-state index is 14.4. The quantitative estimate of drug-likeness (QED) is 0.0884. The Morgan fingerprint density at radius 2 is 1.59 bits per heavy atom. The first-order chi connectivity index (χ1) is 22.8. The number of ketones is 1. The van der Waals surface area contributed by atoms with Crippen LogP contribution in [0.15, 0.2) is 12.7 Å². The lowest BCUT2D eigenvalue weighted by Crippen LogP contribution is -2.62. The van der Waals surface area contributed by atoms with Gasteiger partial charge in [0.15, 0.2) is 0 Å². The first kappa shape index (κ1) is 42.2. The highest BCUT2D eigenvalue weighted by molar-refractivity contribution is 6.38. The number of urea groups is 1. The number of hydrogen-bond acceptors (Lipinski definition) is 7. The number of nitrogens with one attached hydrogen (secondary N) is 4. The summed E-state index contributed by atoms with van der Waals surface area (Å²) < 4.78 is 0. The van der Waals surface area contributed by atoms with Gasteiger partial charge in [0.25, 0.3) is 5.91 Å². The summed E-state index contributed by atoms with van der Waals surface area (Å²) >= 11 is 0. The second-order valence-corrected chi connectivity index (χ2v) is 16.4. The minimum Gasteiger partial charge on any atom is -0.378 e. The molecule has 0 aromatic carbocycles. The average Bonchev–Trinajstić information content (AvgIpc) is 3.64. The summed E-state index contributed by atoms with van der Waals surface area (Å²) in [6.45, 7) is 23.0. The van der Waals surface area contributed by atoms with Crippen LogP contribution < -0.4 is 21.3 Å². The minimum atomic E-state index is -1.02. The molecular formula is C37H66N6O6. The third-order valence-corrected chi connectivity index (χ3v) is 9.95. The number of amides is 5. The smallest absolute Gasteiger partial charge is 0.315 e. The summed E-state index contributed by atoms with van der Waals surface area (Å²) in [5.74, 6) is -2.46. The van der Waals surface area contributed by atoms with Crippen molar-refractivity contribution in [1.29, 1.82) is 0 Å². The average molecular weight is 691 g/mol. The van der Waals surface area contributed by atoms with E-state index in [-0.39, 0.29) is 35.7 Å². The van der Waals surface area contributed by atoms with Crippen LogP contribution in [0.2, 0.25) is 0 Å². The monoisotopic (exact) mass is 691 g/mol. The number of carbonyl (C=O) groups excluding carboxylic acids is 5. The van der Waals surface area contributed by atoms with Gasteiger partial charge < -0.3 is 31.3 Å². The molecule has 2 aliphatic heterocycles. The maximum Gasteiger partial charge on any atom is 0.315 e. The highest BCUT2D eigenvalue weighted by Gasteiger charge is 2.48. The van der Waals surface area contributed by atoms with Gasteiger partial charge in [-0.1, -0.05) is 94.1 Å². The molecule has 2 fully saturated rings. The Bertz CT molecular complexity index is 1150. The molecule has 5 N–H and O–H groups in total. The van der Waals surface area contributed by atoms with Gasteiger partial charge in [-0.25, -0.2) is 4.79 Å². The molecule has 12 nitrogen and oxygen atoms in total. The van der Waals surface area contributed by atoms with E-state index < -0.39 is 53.4 Å². The largest absolute Gasteiger partial charge is 0.378 e. The van der Waals surface area contributed by atoms with Gasteiger partial charge in [-0.15, -0.1) is 6.58 Å². The highest BCUT2D eigenvalue weighted by Crippen LogP contribution is 2.34. The summed E-state index contributed by atoms with van der Waals surface area (Å²) in [5, 5.41) is 21.8. The first-order valence-electron chi connectivity index (χ1n) is 18.4. The molecule has 2 rings (SSSR count). The summed E-state index contributed by atoms with van der Waals surface area (Å²) in [6.07, 6.45) is 6.93. The molecule has 0 aromatic heterocycles. The van der Waals surface area contributed by atoms with Crippen molar-refractivity contribution >= 4 is 29.5 Å². The van der Waals surface area contributed by atoms with Crippen LogP contribution >= 0.6 is 0 Å². The van der Waals surface area contributed by atoms with Gasteiger partial charge >= 0.3 is 6.03 Å². The van der Waals surface area contributed by atoms with Crippen molar-refractivity contribution in [3.63, 3.8) is 0 Å². The van der Waals surface area contributed by atoms with Gasteiger partial charge in [0, 0.05) is 32.2 Å². The number of aliphatic hydroxyl groups excluding tert-OH is 1. The number of rotatable bonds is 17. The summed E-state index contributed by atoms with van der Waals surface area (Å²) in [6, 6.07) is -3.65. The van der Waals surface area contributed by atoms with E-state index in [9.17, 15) is 29.1 Å². The number of likely N-dealkylation sites (tertiary alicyclic amines) is 2. The van der Waals surface area contributed by atoms with Crippen molar-refractivity contribution in [1.82, 2.24) is 31.1 Å². The van der Waals surface area contributed by atoms with Crippen molar-refractivity contribution in [2.24, 2.45) is 22.7 Å². The van der Waals surface area contributed by atoms with Gasteiger partial charge in [-0.2, -0.15) is 0 Å². The Morgan fingerprint density at radius 1 is 0.918 bits per heavy atom. The predicted octanol–water partition coefficient (Wildman–Crippen LogP) is 3.73. The molecule has 12 heteroatoms. The maximum absolute atomic E-state index is 14.4. The molecule has 0 spiro atoms. The van der Waals surface area contributed by atoms with Crippen molar-refractivity contribution in [3.8, 4) is 0 Å². The van der Waals surface area contributed by atoms with Crippen LogP contribution in [0, 0.1) is 22.7 Å². The van der Waals surface area contributed by atoms with Crippen LogP contribution in [-0.4, -0.2) is 101 Å². The first-order valence-corrected chi connectivity index (χ1v) is 18.4. The van der Waals surface area contributed by atoms with Crippen LogP contribution in [-0.2, 0) is 19.2 Å². The van der Waals surface area contributed by atoms with Gasteiger partial charge in [0.2, 0.25) is 17.6 Å². The normalized spacial score (nSPS) is 21.9. The van der Waals surface area contributed by atoms with E-state index in [1.165, 1.54) is 6.08 Å². The zero-order valence-electron chi connectivity index (χ0n) is 31.7. The second kappa shape index (κ2) is 18.8. The highest BCUT2D eigenvalue weighted by atomic mass is 16.3. The summed E-state index contributed by atoms with van der Waals surface area (Å²) in [7, 11) is 0. The standard InChI is InChI=1S/C37H66N6O6/c1-11-13-14-15-17-26(30(45)33(47)38-20-12-2)39-32(46)29-25(24(3)4)19-22-43(29)34(48)31(37(8,9)10)41-35(49)40-27(36(5,6)7)23-42-21-16-18-28(42)44/h12,24-29,31,44H,2,11,13-23H2,1,3-10H3,(H,38,47)(H,39,46)(H2,40,41,49)/t25-,26?,27-,28?,29+,31-/m1/s1. The van der Waals surface area contributed by atoms with E-state index in [1.807, 2.05) is 60.3 Å². The van der Waals surface area contributed by atoms with E-state index in [0.29, 0.717) is 38.8 Å². The lowest BCUT2D eigenvalue weighted by molar-refractivity contribution is -0.144. The molecule has 2 saturated heterocycles. The molecule has 0 aromatic rings. The molecule has 6 atom stereocenters. The fourth-order valence-corrected chi connectivity index (χ4v) is 6.75. The number of aliphatic hydroxyl groups is 1. The second-order valence-electron chi connectivity index (χ2n) is 16.4. The molecule has 0 saturated carbocycles. The summed E-state index contributed by atoms with van der Waals surface area (Å²) in [4.78, 5) is 71.5. The van der Waals surface area contributed by atoms with Crippen LogP contribution in [0.5, 0.6) is 0 Å². The zero-order chi connectivity index (χ0) is 37.1. The Kier molecular flexibility index (Phi) is 16.2. The molecular weight excluding hydrogens is 624 g/mol. The lowest BCUT2D eigenvalue weighted by atomic mass is 9.84. The number of nitrogens with zero attached hydrogens (tertiary/aromatic N) is 2. The fourth-order valence-electron chi connectivity index (χ4n) is 6.75. The van der Waals surface area contributed by atoms with E-state index in [2.05, 4.69) is 34.8 Å². The van der Waals surface area contributed by atoms with Crippen molar-refractivity contribution in [2.75, 3.05) is 26.2 Å². The van der Waals surface area contributed by atoms with Gasteiger partial charge in [0.1, 0.15) is 18.3 Å². The lowest BCUT2D eigenvalue weighted by Gasteiger charge is -2.39. The third kappa shape index (κ3) is 12.4. The van der Waals surface area contributed by atoms with Crippen molar-refractivity contribution < 1.29 is 29.1 Å². The Morgan fingerprint density at radius 3 is 2.12 bits per heavy atom. The molecule has 0 bridgehead atoms. The van der Waals surface area contributed by atoms with Gasteiger partial charge in [0.05, 0.1) is 6.04 Å². The SMILES string of the molecule is C=CCNC(=O)C(=O)C(CCCCCC)NC(=O)[C@@H]1[C@@H](C(C)C)CCN1C(=O)[C@@H](NC(=O)N[C@H](CN1CCCC1O)C(C)(C)C)C(C)(C)C. The van der Waals surface area contributed by atoms with Crippen LogP contribution in [0.1, 0.15) is 114 Å². The molecule has 2 unspecified atom stereocenters. The number of unbranched alkanes of at least 4 members (excludes halogenated alkanes) is 3. The molecule has 2 heterocycles. The predicted molar refractivity (Wildman–Crippen MR) is 192 cm³/mol. The Labute approximate surface area is 294 Å². The zero-order valence-corrected chi connectivity index (χ0v) is 31.7.